The summed E-state index contributed by atoms with van der Waals surface area (Å²) in [5, 5.41) is 3.49. The molecule has 0 unspecified atom stereocenters. The number of esters is 1. The Morgan fingerprint density at radius 2 is 1.67 bits per heavy atom. The molecule has 0 fully saturated rings. The van der Waals surface area contributed by atoms with Gasteiger partial charge in [-0.1, -0.05) is 48.1 Å². The maximum absolute atomic E-state index is 12.4. The van der Waals surface area contributed by atoms with Gasteiger partial charge in [0.15, 0.2) is 6.61 Å². The van der Waals surface area contributed by atoms with Crippen molar-refractivity contribution in [3.05, 3.63) is 57.0 Å². The lowest BCUT2D eigenvalue weighted by Gasteiger charge is -2.11. The van der Waals surface area contributed by atoms with Gasteiger partial charge in [-0.05, 0) is 42.8 Å². The molecule has 2 aromatic carbocycles. The zero-order chi connectivity index (χ0) is 19.8. The number of amides is 1. The molecule has 144 valence electrons. The van der Waals surface area contributed by atoms with Crippen molar-refractivity contribution in [2.75, 3.05) is 18.5 Å². The summed E-state index contributed by atoms with van der Waals surface area (Å²) in [5.74, 6) is -0.384. The van der Waals surface area contributed by atoms with Crippen LogP contribution in [0.3, 0.4) is 0 Å². The van der Waals surface area contributed by atoms with Crippen molar-refractivity contribution in [2.45, 2.75) is 19.8 Å². The second-order valence-corrected chi connectivity index (χ2v) is 6.84. The molecule has 0 aliphatic rings. The minimum Gasteiger partial charge on any atom is -0.482 e. The Balaban J connectivity index is 1.93. The third kappa shape index (κ3) is 6.61. The van der Waals surface area contributed by atoms with E-state index in [4.69, 9.17) is 44.3 Å². The number of benzene rings is 2. The lowest BCUT2D eigenvalue weighted by molar-refractivity contribution is -0.146. The number of halogens is 3. The van der Waals surface area contributed by atoms with Gasteiger partial charge in [0.05, 0.1) is 22.3 Å². The van der Waals surface area contributed by atoms with Crippen LogP contribution in [0.4, 0.5) is 5.69 Å². The number of carbonyl (C=O) groups is 2. The predicted octanol–water partition coefficient (Wildman–Crippen LogP) is 5.62. The summed E-state index contributed by atoms with van der Waals surface area (Å²) in [6.07, 6.45) is 1.77. The molecule has 27 heavy (non-hydrogen) atoms. The quantitative estimate of drug-likeness (QED) is 0.436. The van der Waals surface area contributed by atoms with E-state index in [1.165, 1.54) is 12.1 Å². The second-order valence-electron chi connectivity index (χ2n) is 5.59. The van der Waals surface area contributed by atoms with Gasteiger partial charge >= 0.3 is 5.97 Å². The SMILES string of the molecule is CCCCOC(=O)COc1ccc(C(=O)Nc2c(Cl)cc(Cl)cc2Cl)cc1. The highest BCUT2D eigenvalue weighted by Crippen LogP contribution is 2.34. The molecule has 0 aliphatic heterocycles. The minimum absolute atomic E-state index is 0.189. The summed E-state index contributed by atoms with van der Waals surface area (Å²) >= 11 is 18.0. The van der Waals surface area contributed by atoms with Gasteiger partial charge in [0.25, 0.3) is 5.91 Å². The number of carbonyl (C=O) groups excluding carboxylic acids is 2. The lowest BCUT2D eigenvalue weighted by Crippen LogP contribution is -2.16. The van der Waals surface area contributed by atoms with Crippen molar-refractivity contribution in [1.82, 2.24) is 0 Å². The molecular formula is C19H18Cl3NO4. The molecule has 0 spiro atoms. The Kier molecular flexibility index (Phi) is 8.23. The smallest absolute Gasteiger partial charge is 0.344 e. The predicted molar refractivity (Wildman–Crippen MR) is 107 cm³/mol. The van der Waals surface area contributed by atoms with Crippen LogP contribution in [0.25, 0.3) is 0 Å². The molecule has 1 amide bonds. The molecule has 0 heterocycles. The first-order chi connectivity index (χ1) is 12.9. The Hall–Kier alpha value is -1.95. The van der Waals surface area contributed by atoms with Crippen molar-refractivity contribution in [3.63, 3.8) is 0 Å². The van der Waals surface area contributed by atoms with Gasteiger partial charge in [-0.15, -0.1) is 0 Å². The topological polar surface area (TPSA) is 64.6 Å². The fraction of sp³-hybridized carbons (Fsp3) is 0.263. The molecular weight excluding hydrogens is 413 g/mol. The summed E-state index contributed by atoms with van der Waals surface area (Å²) < 4.78 is 10.3. The molecule has 8 heteroatoms. The fourth-order valence-electron chi connectivity index (χ4n) is 2.06. The van der Waals surface area contributed by atoms with Gasteiger partial charge in [0, 0.05) is 10.6 Å². The van der Waals surface area contributed by atoms with E-state index >= 15 is 0 Å². The Morgan fingerprint density at radius 1 is 1.04 bits per heavy atom. The van der Waals surface area contributed by atoms with E-state index in [1.807, 2.05) is 6.92 Å². The van der Waals surface area contributed by atoms with E-state index in [0.717, 1.165) is 12.8 Å². The van der Waals surface area contributed by atoms with E-state index in [1.54, 1.807) is 24.3 Å². The van der Waals surface area contributed by atoms with Crippen LogP contribution in [0.2, 0.25) is 15.1 Å². The summed E-state index contributed by atoms with van der Waals surface area (Å²) in [6, 6.07) is 9.26. The molecule has 0 aromatic heterocycles. The Morgan fingerprint density at radius 3 is 2.26 bits per heavy atom. The Bertz CT molecular complexity index is 786. The van der Waals surface area contributed by atoms with Gasteiger partial charge in [0.2, 0.25) is 0 Å². The molecule has 0 bridgehead atoms. The highest BCUT2D eigenvalue weighted by molar-refractivity contribution is 6.42. The first-order valence-electron chi connectivity index (χ1n) is 8.25. The third-order valence-corrected chi connectivity index (χ3v) is 4.29. The lowest BCUT2D eigenvalue weighted by atomic mass is 10.2. The molecule has 0 radical (unpaired) electrons. The van der Waals surface area contributed by atoms with E-state index in [2.05, 4.69) is 5.32 Å². The standard InChI is InChI=1S/C19H18Cl3NO4/c1-2-3-8-26-17(24)11-27-14-6-4-12(5-7-14)19(25)23-18-15(21)9-13(20)10-16(18)22/h4-7,9-10H,2-3,8,11H2,1H3,(H,23,25). The minimum atomic E-state index is -0.433. The zero-order valence-electron chi connectivity index (χ0n) is 14.6. The highest BCUT2D eigenvalue weighted by atomic mass is 35.5. The van der Waals surface area contributed by atoms with Crippen LogP contribution in [0.15, 0.2) is 36.4 Å². The number of rotatable bonds is 8. The van der Waals surface area contributed by atoms with Crippen LogP contribution in [-0.4, -0.2) is 25.1 Å². The molecule has 2 aromatic rings. The van der Waals surface area contributed by atoms with Crippen molar-refractivity contribution >= 4 is 52.4 Å². The summed E-state index contributed by atoms with van der Waals surface area (Å²) in [7, 11) is 0. The van der Waals surface area contributed by atoms with Crippen molar-refractivity contribution in [3.8, 4) is 5.75 Å². The van der Waals surface area contributed by atoms with Gasteiger partial charge in [-0.2, -0.15) is 0 Å². The summed E-state index contributed by atoms with van der Waals surface area (Å²) in [6.45, 7) is 2.20. The van der Waals surface area contributed by atoms with Crippen LogP contribution in [0, 0.1) is 0 Å². The molecule has 0 atom stereocenters. The fourth-order valence-corrected chi connectivity index (χ4v) is 2.98. The van der Waals surface area contributed by atoms with Gasteiger partial charge in [0.1, 0.15) is 5.75 Å². The maximum atomic E-state index is 12.4. The van der Waals surface area contributed by atoms with Crippen LogP contribution in [-0.2, 0) is 9.53 Å². The van der Waals surface area contributed by atoms with Crippen LogP contribution >= 0.6 is 34.8 Å². The van der Waals surface area contributed by atoms with Crippen molar-refractivity contribution in [1.29, 1.82) is 0 Å². The van der Waals surface area contributed by atoms with Crippen LogP contribution in [0.5, 0.6) is 5.75 Å². The largest absolute Gasteiger partial charge is 0.482 e. The van der Waals surface area contributed by atoms with Crippen molar-refractivity contribution in [2.24, 2.45) is 0 Å². The maximum Gasteiger partial charge on any atom is 0.344 e. The molecule has 0 aliphatic carbocycles. The van der Waals surface area contributed by atoms with Crippen molar-refractivity contribution < 1.29 is 19.1 Å². The Labute approximate surface area is 172 Å². The molecule has 1 N–H and O–H groups in total. The van der Waals surface area contributed by atoms with E-state index in [0.29, 0.717) is 22.9 Å². The van der Waals surface area contributed by atoms with Crippen LogP contribution < -0.4 is 10.1 Å². The summed E-state index contributed by atoms with van der Waals surface area (Å²) in [4.78, 5) is 23.9. The van der Waals surface area contributed by atoms with Gasteiger partial charge < -0.3 is 14.8 Å². The zero-order valence-corrected chi connectivity index (χ0v) is 16.8. The average molecular weight is 431 g/mol. The van der Waals surface area contributed by atoms with E-state index in [9.17, 15) is 9.59 Å². The second kappa shape index (κ2) is 10.4. The highest BCUT2D eigenvalue weighted by Gasteiger charge is 2.13. The number of unbranched alkanes of at least 4 members (excludes halogenated alkanes) is 1. The molecule has 5 nitrogen and oxygen atoms in total. The van der Waals surface area contributed by atoms with Gasteiger partial charge in [-0.3, -0.25) is 4.79 Å². The molecule has 0 saturated carbocycles. The number of anilines is 1. The third-order valence-electron chi connectivity index (χ3n) is 3.48. The first-order valence-corrected chi connectivity index (χ1v) is 9.38. The normalized spacial score (nSPS) is 10.4. The molecule has 0 saturated heterocycles. The molecule has 2 rings (SSSR count). The summed E-state index contributed by atoms with van der Waals surface area (Å²) in [5.41, 5.74) is 0.651. The van der Waals surface area contributed by atoms with Crippen LogP contribution in [0.1, 0.15) is 30.1 Å². The van der Waals surface area contributed by atoms with E-state index < -0.39 is 11.9 Å². The number of ether oxygens (including phenoxy) is 2. The van der Waals surface area contributed by atoms with Gasteiger partial charge in [-0.25, -0.2) is 4.79 Å². The van der Waals surface area contributed by atoms with E-state index in [-0.39, 0.29) is 22.3 Å². The number of hydrogen-bond acceptors (Lipinski definition) is 4. The number of nitrogens with one attached hydrogen (secondary N) is 1. The average Bonchev–Trinajstić information content (AvgIpc) is 2.63. The number of hydrogen-bond donors (Lipinski definition) is 1. The first kappa shape index (κ1) is 21.4. The monoisotopic (exact) mass is 429 g/mol.